The molecule has 3 rings (SSSR count). The number of primary amides is 1. The maximum absolute atomic E-state index is 11.6. The smallest absolute Gasteiger partial charge is 0.242 e. The standard InChI is InChI=1S/C15H20BrN3O2/c16-12-7-10(8-18-11-2-3-11)1-4-13(12)19-5-6-21-9-14(19)15(17)20/h1,4,7,11,14,18H,2-3,5-6,8-9H2,(H2,17,20). The van der Waals surface area contributed by atoms with Crippen LogP contribution in [0.15, 0.2) is 22.7 Å². The number of amides is 1. The second-order valence-corrected chi connectivity index (χ2v) is 6.48. The molecule has 1 amide bonds. The Morgan fingerprint density at radius 3 is 2.95 bits per heavy atom. The van der Waals surface area contributed by atoms with E-state index in [1.165, 1.54) is 18.4 Å². The van der Waals surface area contributed by atoms with Gasteiger partial charge in [-0.2, -0.15) is 0 Å². The number of nitrogens with one attached hydrogen (secondary N) is 1. The quantitative estimate of drug-likeness (QED) is 0.839. The summed E-state index contributed by atoms with van der Waals surface area (Å²) < 4.78 is 6.35. The zero-order valence-corrected chi connectivity index (χ0v) is 13.4. The summed E-state index contributed by atoms with van der Waals surface area (Å²) in [5.41, 5.74) is 7.71. The van der Waals surface area contributed by atoms with Crippen molar-refractivity contribution in [2.24, 2.45) is 5.73 Å². The molecule has 1 saturated heterocycles. The van der Waals surface area contributed by atoms with E-state index >= 15 is 0 Å². The molecule has 2 fully saturated rings. The van der Waals surface area contributed by atoms with Crippen LogP contribution in [0, 0.1) is 0 Å². The monoisotopic (exact) mass is 353 g/mol. The lowest BCUT2D eigenvalue weighted by Gasteiger charge is -2.36. The molecular formula is C15H20BrN3O2. The molecule has 21 heavy (non-hydrogen) atoms. The maximum atomic E-state index is 11.6. The Labute approximate surface area is 132 Å². The summed E-state index contributed by atoms with van der Waals surface area (Å²) in [6, 6.07) is 6.56. The van der Waals surface area contributed by atoms with Crippen LogP contribution in [0.1, 0.15) is 18.4 Å². The van der Waals surface area contributed by atoms with Crippen molar-refractivity contribution in [2.75, 3.05) is 24.7 Å². The topological polar surface area (TPSA) is 67.6 Å². The Morgan fingerprint density at radius 1 is 1.48 bits per heavy atom. The van der Waals surface area contributed by atoms with Gasteiger partial charge in [0.25, 0.3) is 0 Å². The number of hydrogen-bond donors (Lipinski definition) is 2. The van der Waals surface area contributed by atoms with Crippen LogP contribution in [0.2, 0.25) is 0 Å². The van der Waals surface area contributed by atoms with E-state index < -0.39 is 6.04 Å². The Bertz CT molecular complexity index is 534. The van der Waals surface area contributed by atoms with Gasteiger partial charge in [0.05, 0.1) is 18.9 Å². The highest BCUT2D eigenvalue weighted by atomic mass is 79.9. The lowest BCUT2D eigenvalue weighted by molar-refractivity contribution is -0.121. The van der Waals surface area contributed by atoms with Crippen molar-refractivity contribution < 1.29 is 9.53 Å². The number of benzene rings is 1. The normalized spacial score (nSPS) is 22.3. The number of nitrogens with two attached hydrogens (primary N) is 1. The molecule has 1 aromatic rings. The van der Waals surface area contributed by atoms with Crippen molar-refractivity contribution in [3.63, 3.8) is 0 Å². The minimum atomic E-state index is -0.398. The van der Waals surface area contributed by atoms with Crippen LogP contribution in [-0.4, -0.2) is 37.7 Å². The molecule has 1 aliphatic carbocycles. The third-order valence-corrected chi connectivity index (χ3v) is 4.59. The molecule has 3 N–H and O–H groups in total. The number of carbonyl (C=O) groups is 1. The van der Waals surface area contributed by atoms with Gasteiger partial charge in [-0.25, -0.2) is 0 Å². The van der Waals surface area contributed by atoms with Crippen LogP contribution < -0.4 is 16.0 Å². The molecule has 114 valence electrons. The summed E-state index contributed by atoms with van der Waals surface area (Å²) >= 11 is 3.62. The predicted octanol–water partition coefficient (Wildman–Crippen LogP) is 1.39. The third-order valence-electron chi connectivity index (χ3n) is 3.95. The van der Waals surface area contributed by atoms with E-state index in [4.69, 9.17) is 10.5 Å². The highest BCUT2D eigenvalue weighted by Crippen LogP contribution is 2.30. The van der Waals surface area contributed by atoms with E-state index in [-0.39, 0.29) is 5.91 Å². The summed E-state index contributed by atoms with van der Waals surface area (Å²) in [6.45, 7) is 2.52. The first-order chi connectivity index (χ1) is 10.1. The van der Waals surface area contributed by atoms with Gasteiger partial charge in [0.15, 0.2) is 0 Å². The minimum Gasteiger partial charge on any atom is -0.377 e. The number of rotatable bonds is 5. The summed E-state index contributed by atoms with van der Waals surface area (Å²) in [4.78, 5) is 13.6. The summed E-state index contributed by atoms with van der Waals surface area (Å²) in [5, 5.41) is 3.50. The second-order valence-electron chi connectivity index (χ2n) is 5.63. The van der Waals surface area contributed by atoms with E-state index in [0.29, 0.717) is 25.8 Å². The van der Waals surface area contributed by atoms with Crippen molar-refractivity contribution in [3.05, 3.63) is 28.2 Å². The number of hydrogen-bond acceptors (Lipinski definition) is 4. The lowest BCUT2D eigenvalue weighted by Crippen LogP contribution is -2.52. The van der Waals surface area contributed by atoms with Gasteiger partial charge < -0.3 is 20.7 Å². The molecule has 6 heteroatoms. The zero-order valence-electron chi connectivity index (χ0n) is 11.8. The summed E-state index contributed by atoms with van der Waals surface area (Å²) in [5.74, 6) is -0.346. The van der Waals surface area contributed by atoms with Crippen LogP contribution in [0.25, 0.3) is 0 Å². The first-order valence-electron chi connectivity index (χ1n) is 7.30. The number of ether oxygens (including phenoxy) is 1. The average molecular weight is 354 g/mol. The molecular weight excluding hydrogens is 334 g/mol. The molecule has 1 unspecified atom stereocenters. The molecule has 5 nitrogen and oxygen atoms in total. The van der Waals surface area contributed by atoms with Gasteiger partial charge in [-0.15, -0.1) is 0 Å². The van der Waals surface area contributed by atoms with E-state index in [1.54, 1.807) is 0 Å². The van der Waals surface area contributed by atoms with Crippen molar-refractivity contribution in [2.45, 2.75) is 31.5 Å². The van der Waals surface area contributed by atoms with Crippen LogP contribution in [0.5, 0.6) is 0 Å². The Kier molecular flexibility index (Phi) is 4.47. The van der Waals surface area contributed by atoms with Gasteiger partial charge in [0, 0.05) is 23.6 Å². The number of carbonyl (C=O) groups excluding carboxylic acids is 1. The van der Waals surface area contributed by atoms with E-state index in [2.05, 4.69) is 39.4 Å². The number of nitrogens with zero attached hydrogens (tertiary/aromatic N) is 1. The van der Waals surface area contributed by atoms with E-state index in [1.807, 2.05) is 4.90 Å². The van der Waals surface area contributed by atoms with Crippen molar-refractivity contribution in [1.82, 2.24) is 5.32 Å². The Hall–Kier alpha value is -1.11. The maximum Gasteiger partial charge on any atom is 0.242 e. The first-order valence-corrected chi connectivity index (χ1v) is 8.10. The molecule has 0 aromatic heterocycles. The fraction of sp³-hybridized carbons (Fsp3) is 0.533. The van der Waals surface area contributed by atoms with Gasteiger partial charge in [-0.1, -0.05) is 6.07 Å². The molecule has 1 aromatic carbocycles. The fourth-order valence-electron chi connectivity index (χ4n) is 2.57. The fourth-order valence-corrected chi connectivity index (χ4v) is 3.22. The van der Waals surface area contributed by atoms with Crippen molar-refractivity contribution in [1.29, 1.82) is 0 Å². The highest BCUT2D eigenvalue weighted by molar-refractivity contribution is 9.10. The van der Waals surface area contributed by atoms with Crippen LogP contribution in [0.4, 0.5) is 5.69 Å². The van der Waals surface area contributed by atoms with Crippen LogP contribution in [-0.2, 0) is 16.1 Å². The van der Waals surface area contributed by atoms with Gasteiger partial charge in [-0.3, -0.25) is 4.79 Å². The Morgan fingerprint density at radius 2 is 2.29 bits per heavy atom. The minimum absolute atomic E-state index is 0.346. The molecule has 1 heterocycles. The molecule has 0 radical (unpaired) electrons. The van der Waals surface area contributed by atoms with Crippen molar-refractivity contribution in [3.8, 4) is 0 Å². The number of morpholine rings is 1. The lowest BCUT2D eigenvalue weighted by atomic mass is 10.1. The van der Waals surface area contributed by atoms with E-state index in [0.717, 1.165) is 16.7 Å². The number of halogens is 1. The second kappa shape index (κ2) is 6.34. The molecule has 0 spiro atoms. The SMILES string of the molecule is NC(=O)C1COCCN1c1ccc(CNC2CC2)cc1Br. The van der Waals surface area contributed by atoms with Gasteiger partial charge in [0.2, 0.25) is 5.91 Å². The molecule has 1 atom stereocenters. The Balaban J connectivity index is 1.75. The molecule has 0 bridgehead atoms. The van der Waals surface area contributed by atoms with E-state index in [9.17, 15) is 4.79 Å². The first kappa shape index (κ1) is 14.8. The largest absolute Gasteiger partial charge is 0.377 e. The molecule has 1 saturated carbocycles. The third kappa shape index (κ3) is 3.56. The van der Waals surface area contributed by atoms with Gasteiger partial charge >= 0.3 is 0 Å². The van der Waals surface area contributed by atoms with Crippen LogP contribution in [0.3, 0.4) is 0 Å². The highest BCUT2D eigenvalue weighted by Gasteiger charge is 2.29. The van der Waals surface area contributed by atoms with Crippen LogP contribution >= 0.6 is 15.9 Å². The molecule has 1 aliphatic heterocycles. The van der Waals surface area contributed by atoms with Crippen molar-refractivity contribution >= 4 is 27.5 Å². The average Bonchev–Trinajstić information content (AvgIpc) is 3.29. The zero-order chi connectivity index (χ0) is 14.8. The predicted molar refractivity (Wildman–Crippen MR) is 85.2 cm³/mol. The van der Waals surface area contributed by atoms with Gasteiger partial charge in [0.1, 0.15) is 6.04 Å². The number of anilines is 1. The summed E-state index contributed by atoms with van der Waals surface area (Å²) in [6.07, 6.45) is 2.57. The van der Waals surface area contributed by atoms with Gasteiger partial charge in [-0.05, 0) is 46.5 Å². The summed E-state index contributed by atoms with van der Waals surface area (Å²) in [7, 11) is 0. The molecule has 2 aliphatic rings.